The Bertz CT molecular complexity index is 847. The number of benzene rings is 1. The van der Waals surface area contributed by atoms with Crippen LogP contribution in [0, 0.1) is 17.1 Å². The van der Waals surface area contributed by atoms with Crippen molar-refractivity contribution in [2.24, 2.45) is 0 Å². The molecule has 0 spiro atoms. The Hall–Kier alpha value is -1.87. The Kier molecular flexibility index (Phi) is 3.68. The second-order valence-electron chi connectivity index (χ2n) is 4.26. The fourth-order valence-corrected chi connectivity index (χ4v) is 4.13. The first-order valence-electron chi connectivity index (χ1n) is 5.93. The molecule has 2 nitrogen and oxygen atoms in total. The van der Waals surface area contributed by atoms with Crippen molar-refractivity contribution in [1.29, 1.82) is 5.26 Å². The van der Waals surface area contributed by atoms with E-state index in [9.17, 15) is 9.65 Å². The van der Waals surface area contributed by atoms with E-state index in [2.05, 4.69) is 6.07 Å². The molecule has 3 rings (SSSR count). The lowest BCUT2D eigenvalue weighted by molar-refractivity contribution is 0.632. The summed E-state index contributed by atoms with van der Waals surface area (Å²) in [6.45, 7) is 0. The summed E-state index contributed by atoms with van der Waals surface area (Å²) in [6, 6.07) is 10.2. The second-order valence-corrected chi connectivity index (χ2v) is 6.67. The van der Waals surface area contributed by atoms with E-state index in [0.29, 0.717) is 31.6 Å². The molecule has 2 heterocycles. The molecule has 0 bridgehead atoms. The SMILES string of the molecule is N#Cc1sc(-c2cc(Cl)ccc2F)c(-c2cccs2)c1N. The standard InChI is InChI=1S/C15H8ClFN2S2/c16-8-3-4-10(17)9(6-8)15-13(11-2-1-5-20-11)14(19)12(7-18)21-15/h1-6H,19H2. The van der Waals surface area contributed by atoms with Crippen molar-refractivity contribution in [3.63, 3.8) is 0 Å². The van der Waals surface area contributed by atoms with E-state index in [1.54, 1.807) is 6.07 Å². The van der Waals surface area contributed by atoms with Crippen LogP contribution in [-0.4, -0.2) is 0 Å². The Labute approximate surface area is 133 Å². The number of hydrogen-bond acceptors (Lipinski definition) is 4. The van der Waals surface area contributed by atoms with Crippen LogP contribution in [0.5, 0.6) is 0 Å². The molecule has 1 aromatic carbocycles. The lowest BCUT2D eigenvalue weighted by Crippen LogP contribution is -1.89. The van der Waals surface area contributed by atoms with Gasteiger partial charge in [-0.05, 0) is 29.6 Å². The van der Waals surface area contributed by atoms with Crippen LogP contribution in [0.2, 0.25) is 5.02 Å². The molecular formula is C15H8ClFN2S2. The van der Waals surface area contributed by atoms with Crippen LogP contribution < -0.4 is 5.73 Å². The van der Waals surface area contributed by atoms with Gasteiger partial charge < -0.3 is 5.73 Å². The monoisotopic (exact) mass is 334 g/mol. The van der Waals surface area contributed by atoms with Crippen molar-refractivity contribution in [1.82, 2.24) is 0 Å². The molecule has 2 N–H and O–H groups in total. The number of nitrogens with zero attached hydrogens (tertiary/aromatic N) is 1. The molecule has 6 heteroatoms. The molecule has 0 saturated heterocycles. The van der Waals surface area contributed by atoms with Crippen LogP contribution in [0.25, 0.3) is 20.9 Å². The predicted octanol–water partition coefficient (Wildman–Crippen LogP) is 5.39. The first-order valence-corrected chi connectivity index (χ1v) is 8.01. The highest BCUT2D eigenvalue weighted by molar-refractivity contribution is 7.19. The molecule has 0 atom stereocenters. The molecule has 0 aliphatic rings. The zero-order valence-electron chi connectivity index (χ0n) is 10.6. The quantitative estimate of drug-likeness (QED) is 0.683. The molecule has 0 fully saturated rings. The van der Waals surface area contributed by atoms with Gasteiger partial charge in [0.1, 0.15) is 16.8 Å². The van der Waals surface area contributed by atoms with Gasteiger partial charge in [-0.15, -0.1) is 22.7 Å². The lowest BCUT2D eigenvalue weighted by atomic mass is 10.1. The number of nitrogens with two attached hydrogens (primary N) is 1. The zero-order valence-corrected chi connectivity index (χ0v) is 13.0. The molecule has 0 amide bonds. The van der Waals surface area contributed by atoms with E-state index < -0.39 is 0 Å². The third-order valence-electron chi connectivity index (χ3n) is 2.99. The topological polar surface area (TPSA) is 49.8 Å². The van der Waals surface area contributed by atoms with Crippen LogP contribution >= 0.6 is 34.3 Å². The van der Waals surface area contributed by atoms with Crippen molar-refractivity contribution in [3.8, 4) is 27.0 Å². The van der Waals surface area contributed by atoms with Crippen molar-refractivity contribution < 1.29 is 4.39 Å². The highest BCUT2D eigenvalue weighted by atomic mass is 35.5. The third-order valence-corrected chi connectivity index (χ3v) is 5.25. The lowest BCUT2D eigenvalue weighted by Gasteiger charge is -2.05. The maximum absolute atomic E-state index is 14.1. The molecule has 2 aromatic heterocycles. The van der Waals surface area contributed by atoms with Crippen molar-refractivity contribution in [3.05, 3.63) is 51.4 Å². The number of halogens is 2. The fourth-order valence-electron chi connectivity index (χ4n) is 2.05. The van der Waals surface area contributed by atoms with Crippen LogP contribution in [0.3, 0.4) is 0 Å². The Balaban J connectivity index is 2.33. The molecular weight excluding hydrogens is 327 g/mol. The largest absolute Gasteiger partial charge is 0.396 e. The van der Waals surface area contributed by atoms with Gasteiger partial charge in [-0.25, -0.2) is 4.39 Å². The van der Waals surface area contributed by atoms with Crippen LogP contribution in [0.15, 0.2) is 35.7 Å². The summed E-state index contributed by atoms with van der Waals surface area (Å²) in [5.74, 6) is -0.386. The molecule has 3 aromatic rings. The minimum atomic E-state index is -0.386. The van der Waals surface area contributed by atoms with Gasteiger partial charge in [-0.3, -0.25) is 0 Å². The van der Waals surface area contributed by atoms with Gasteiger partial charge in [-0.2, -0.15) is 5.26 Å². The second kappa shape index (κ2) is 5.49. The summed E-state index contributed by atoms with van der Waals surface area (Å²) < 4.78 is 14.1. The van der Waals surface area contributed by atoms with Gasteiger partial charge in [0.05, 0.1) is 5.69 Å². The van der Waals surface area contributed by atoms with E-state index >= 15 is 0 Å². The molecule has 0 saturated carbocycles. The number of rotatable bonds is 2. The Morgan fingerprint density at radius 2 is 2.10 bits per heavy atom. The highest BCUT2D eigenvalue weighted by Crippen LogP contribution is 2.47. The van der Waals surface area contributed by atoms with Crippen LogP contribution in [0.1, 0.15) is 4.88 Å². The number of anilines is 1. The summed E-state index contributed by atoms with van der Waals surface area (Å²) in [5, 5.41) is 11.5. The maximum atomic E-state index is 14.1. The van der Waals surface area contributed by atoms with Gasteiger partial charge in [0.15, 0.2) is 0 Å². The first-order chi connectivity index (χ1) is 10.1. The summed E-state index contributed by atoms with van der Waals surface area (Å²) in [6.07, 6.45) is 0. The third kappa shape index (κ3) is 2.42. The predicted molar refractivity (Wildman–Crippen MR) is 87.2 cm³/mol. The Morgan fingerprint density at radius 3 is 2.76 bits per heavy atom. The normalized spacial score (nSPS) is 10.5. The van der Waals surface area contributed by atoms with Gasteiger partial charge in [0, 0.05) is 25.9 Å². The molecule has 0 radical (unpaired) electrons. The number of nitrogen functional groups attached to an aromatic ring is 1. The van der Waals surface area contributed by atoms with Crippen molar-refractivity contribution in [2.75, 3.05) is 5.73 Å². The minimum Gasteiger partial charge on any atom is -0.396 e. The molecule has 0 aliphatic carbocycles. The van der Waals surface area contributed by atoms with Crippen molar-refractivity contribution in [2.45, 2.75) is 0 Å². The van der Waals surface area contributed by atoms with Crippen LogP contribution in [0.4, 0.5) is 10.1 Å². The molecule has 0 aliphatic heterocycles. The van der Waals surface area contributed by atoms with E-state index in [0.717, 1.165) is 4.88 Å². The van der Waals surface area contributed by atoms with Crippen molar-refractivity contribution >= 4 is 40.0 Å². The highest BCUT2D eigenvalue weighted by Gasteiger charge is 2.21. The van der Waals surface area contributed by atoms with Gasteiger partial charge in [0.25, 0.3) is 0 Å². The molecule has 104 valence electrons. The fraction of sp³-hybridized carbons (Fsp3) is 0. The summed E-state index contributed by atoms with van der Waals surface area (Å²) in [4.78, 5) is 1.92. The Morgan fingerprint density at radius 1 is 1.29 bits per heavy atom. The minimum absolute atomic E-state index is 0.365. The van der Waals surface area contributed by atoms with Gasteiger partial charge in [-0.1, -0.05) is 17.7 Å². The number of nitriles is 1. The van der Waals surface area contributed by atoms with E-state index in [-0.39, 0.29) is 5.82 Å². The number of hydrogen-bond donors (Lipinski definition) is 1. The van der Waals surface area contributed by atoms with E-state index in [1.807, 2.05) is 17.5 Å². The summed E-state index contributed by atoms with van der Waals surface area (Å²) >= 11 is 8.65. The van der Waals surface area contributed by atoms with E-state index in [1.165, 1.54) is 34.8 Å². The average Bonchev–Trinajstić information content (AvgIpc) is 3.08. The maximum Gasteiger partial charge on any atom is 0.131 e. The van der Waals surface area contributed by atoms with Crippen LogP contribution in [-0.2, 0) is 0 Å². The van der Waals surface area contributed by atoms with E-state index in [4.69, 9.17) is 17.3 Å². The molecule has 21 heavy (non-hydrogen) atoms. The smallest absolute Gasteiger partial charge is 0.131 e. The van der Waals surface area contributed by atoms with Gasteiger partial charge >= 0.3 is 0 Å². The number of thiophene rings is 2. The summed E-state index contributed by atoms with van der Waals surface area (Å²) in [5.41, 5.74) is 7.53. The first kappa shape index (κ1) is 14.1. The zero-order chi connectivity index (χ0) is 15.0. The van der Waals surface area contributed by atoms with Gasteiger partial charge in [0.2, 0.25) is 0 Å². The molecule has 0 unspecified atom stereocenters. The average molecular weight is 335 g/mol. The summed E-state index contributed by atoms with van der Waals surface area (Å²) in [7, 11) is 0.